The molecule has 1 aliphatic carbocycles. The van der Waals surface area contributed by atoms with E-state index < -0.39 is 23.2 Å². The molecule has 0 radical (unpaired) electrons. The number of allylic oxidation sites excluding steroid dienone is 1. The van der Waals surface area contributed by atoms with Crippen LogP contribution in [0.2, 0.25) is 0 Å². The summed E-state index contributed by atoms with van der Waals surface area (Å²) >= 11 is 0. The highest BCUT2D eigenvalue weighted by Crippen LogP contribution is 2.42. The van der Waals surface area contributed by atoms with Gasteiger partial charge >= 0.3 is 0 Å². The van der Waals surface area contributed by atoms with E-state index in [2.05, 4.69) is 0 Å². The molecule has 0 bridgehead atoms. The van der Waals surface area contributed by atoms with Crippen molar-refractivity contribution in [2.75, 3.05) is 0 Å². The Balaban J connectivity index is 2.96. The molecule has 3 N–H and O–H groups in total. The number of ketones is 1. The van der Waals surface area contributed by atoms with E-state index in [1.54, 1.807) is 13.8 Å². The molecule has 1 unspecified atom stereocenters. The van der Waals surface area contributed by atoms with E-state index in [0.29, 0.717) is 6.42 Å². The molecule has 0 heterocycles. The van der Waals surface area contributed by atoms with Crippen LogP contribution in [-0.4, -0.2) is 38.9 Å². The van der Waals surface area contributed by atoms with Crippen LogP contribution in [-0.2, 0) is 4.79 Å². The Hall–Kier alpha value is -0.710. The van der Waals surface area contributed by atoms with Crippen LogP contribution < -0.4 is 0 Å². The lowest BCUT2D eigenvalue weighted by molar-refractivity contribution is -0.156. The van der Waals surface area contributed by atoms with E-state index in [-0.39, 0.29) is 12.2 Å². The predicted molar refractivity (Wildman–Crippen MR) is 59.8 cm³/mol. The first-order valence-corrected chi connectivity index (χ1v) is 5.46. The zero-order valence-corrected chi connectivity index (χ0v) is 9.97. The van der Waals surface area contributed by atoms with Gasteiger partial charge in [0.2, 0.25) is 0 Å². The monoisotopic (exact) mass is 228 g/mol. The predicted octanol–water partition coefficient (Wildman–Crippen LogP) is 0.404. The van der Waals surface area contributed by atoms with Crippen molar-refractivity contribution in [3.05, 3.63) is 12.2 Å². The highest BCUT2D eigenvalue weighted by Gasteiger charge is 2.49. The lowest BCUT2D eigenvalue weighted by Gasteiger charge is -2.47. The molecule has 0 spiro atoms. The number of hydrogen-bond donors (Lipinski definition) is 3. The van der Waals surface area contributed by atoms with Crippen molar-refractivity contribution < 1.29 is 20.1 Å². The van der Waals surface area contributed by atoms with Crippen LogP contribution in [0.3, 0.4) is 0 Å². The summed E-state index contributed by atoms with van der Waals surface area (Å²) in [7, 11) is 0. The van der Waals surface area contributed by atoms with Crippen molar-refractivity contribution in [1.29, 1.82) is 0 Å². The Kier molecular flexibility index (Phi) is 3.57. The molecular weight excluding hydrogens is 208 g/mol. The van der Waals surface area contributed by atoms with Crippen molar-refractivity contribution in [3.8, 4) is 0 Å². The molecule has 1 saturated carbocycles. The van der Waals surface area contributed by atoms with E-state index in [1.807, 2.05) is 0 Å². The van der Waals surface area contributed by atoms with Gasteiger partial charge in [0.1, 0.15) is 5.60 Å². The Morgan fingerprint density at radius 3 is 2.38 bits per heavy atom. The first-order chi connectivity index (χ1) is 7.17. The minimum absolute atomic E-state index is 0.0569. The molecule has 92 valence electrons. The summed E-state index contributed by atoms with van der Waals surface area (Å²) < 4.78 is 0. The van der Waals surface area contributed by atoms with E-state index in [0.717, 1.165) is 0 Å². The fourth-order valence-corrected chi connectivity index (χ4v) is 2.38. The average Bonchev–Trinajstić information content (AvgIpc) is 2.10. The van der Waals surface area contributed by atoms with E-state index in [9.17, 15) is 20.1 Å². The fraction of sp³-hybridized carbons (Fsp3) is 0.750. The van der Waals surface area contributed by atoms with Crippen LogP contribution >= 0.6 is 0 Å². The molecule has 3 atom stereocenters. The standard InChI is InChI=1S/C12H20O4/c1-8(13)4-5-12(16)7-9(14)6-11(2,3)10(12)15/h4-5,9-10,14-16H,6-7H2,1-3H3/b5-4+/t9-,10+,12?/m0/s1. The van der Waals surface area contributed by atoms with Gasteiger partial charge in [0.05, 0.1) is 12.2 Å². The molecule has 0 aliphatic heterocycles. The summed E-state index contributed by atoms with van der Waals surface area (Å²) in [5, 5.41) is 30.0. The number of rotatable bonds is 2. The van der Waals surface area contributed by atoms with Crippen LogP contribution in [0.5, 0.6) is 0 Å². The summed E-state index contributed by atoms with van der Waals surface area (Å²) in [6.45, 7) is 4.94. The molecule has 0 aromatic rings. The number of hydrogen-bond acceptors (Lipinski definition) is 4. The van der Waals surface area contributed by atoms with Gasteiger partial charge in [0, 0.05) is 6.42 Å². The maximum atomic E-state index is 10.8. The van der Waals surface area contributed by atoms with Crippen LogP contribution in [0, 0.1) is 5.41 Å². The molecule has 0 aromatic heterocycles. The highest BCUT2D eigenvalue weighted by molar-refractivity contribution is 5.87. The molecule has 4 nitrogen and oxygen atoms in total. The van der Waals surface area contributed by atoms with Gasteiger partial charge < -0.3 is 15.3 Å². The minimum Gasteiger partial charge on any atom is -0.393 e. The van der Waals surface area contributed by atoms with Crippen molar-refractivity contribution >= 4 is 5.78 Å². The molecule has 1 aliphatic rings. The van der Waals surface area contributed by atoms with Crippen molar-refractivity contribution in [1.82, 2.24) is 0 Å². The molecule has 4 heteroatoms. The van der Waals surface area contributed by atoms with Crippen molar-refractivity contribution in [2.24, 2.45) is 5.41 Å². The molecule has 1 fully saturated rings. The average molecular weight is 228 g/mol. The second-order valence-corrected chi connectivity index (χ2v) is 5.39. The van der Waals surface area contributed by atoms with Crippen LogP contribution in [0.15, 0.2) is 12.2 Å². The largest absolute Gasteiger partial charge is 0.393 e. The third-order valence-electron chi connectivity index (χ3n) is 3.14. The Labute approximate surface area is 95.6 Å². The van der Waals surface area contributed by atoms with Gasteiger partial charge in [-0.1, -0.05) is 13.8 Å². The summed E-state index contributed by atoms with van der Waals surface area (Å²) in [5.41, 5.74) is -2.10. The molecule has 0 aromatic carbocycles. The van der Waals surface area contributed by atoms with E-state index in [1.165, 1.54) is 19.1 Å². The zero-order valence-electron chi connectivity index (χ0n) is 9.97. The van der Waals surface area contributed by atoms with Crippen molar-refractivity contribution in [3.63, 3.8) is 0 Å². The normalized spacial score (nSPS) is 38.9. The van der Waals surface area contributed by atoms with Gasteiger partial charge in [-0.15, -0.1) is 0 Å². The SMILES string of the molecule is CC(=O)/C=C/C1(O)C[C@@H](O)CC(C)(C)[C@H]1O. The summed E-state index contributed by atoms with van der Waals surface area (Å²) in [5.74, 6) is -0.196. The quantitative estimate of drug-likeness (QED) is 0.598. The van der Waals surface area contributed by atoms with Crippen LogP contribution in [0.4, 0.5) is 0 Å². The second-order valence-electron chi connectivity index (χ2n) is 5.39. The van der Waals surface area contributed by atoms with E-state index >= 15 is 0 Å². The summed E-state index contributed by atoms with van der Waals surface area (Å²) in [6.07, 6.45) is 1.37. The zero-order chi connectivity index (χ0) is 12.6. The molecule has 1 rings (SSSR count). The molecular formula is C12H20O4. The fourth-order valence-electron chi connectivity index (χ4n) is 2.38. The summed E-state index contributed by atoms with van der Waals surface area (Å²) in [4.78, 5) is 10.8. The number of carbonyl (C=O) groups is 1. The Morgan fingerprint density at radius 2 is 1.88 bits per heavy atom. The Morgan fingerprint density at radius 1 is 1.31 bits per heavy atom. The third kappa shape index (κ3) is 2.70. The second kappa shape index (κ2) is 4.28. The van der Waals surface area contributed by atoms with Gasteiger partial charge in [0.25, 0.3) is 0 Å². The first kappa shape index (κ1) is 13.4. The van der Waals surface area contributed by atoms with Gasteiger partial charge in [-0.2, -0.15) is 0 Å². The molecule has 16 heavy (non-hydrogen) atoms. The smallest absolute Gasteiger partial charge is 0.152 e. The number of aliphatic hydroxyl groups excluding tert-OH is 2. The topological polar surface area (TPSA) is 77.8 Å². The van der Waals surface area contributed by atoms with Crippen molar-refractivity contribution in [2.45, 2.75) is 51.4 Å². The first-order valence-electron chi connectivity index (χ1n) is 5.46. The van der Waals surface area contributed by atoms with Gasteiger partial charge in [-0.3, -0.25) is 4.79 Å². The van der Waals surface area contributed by atoms with Gasteiger partial charge in [0.15, 0.2) is 5.78 Å². The number of carbonyl (C=O) groups excluding carboxylic acids is 1. The molecule has 0 saturated heterocycles. The van der Waals surface area contributed by atoms with E-state index in [4.69, 9.17) is 0 Å². The third-order valence-corrected chi connectivity index (χ3v) is 3.14. The lowest BCUT2D eigenvalue weighted by Crippen LogP contribution is -2.56. The molecule has 0 amide bonds. The highest BCUT2D eigenvalue weighted by atomic mass is 16.3. The van der Waals surface area contributed by atoms with Gasteiger partial charge in [-0.25, -0.2) is 0 Å². The number of aliphatic hydroxyl groups is 3. The lowest BCUT2D eigenvalue weighted by atomic mass is 9.66. The maximum absolute atomic E-state index is 10.8. The minimum atomic E-state index is -1.52. The van der Waals surface area contributed by atoms with Crippen LogP contribution in [0.1, 0.15) is 33.6 Å². The summed E-state index contributed by atoms with van der Waals surface area (Å²) in [6, 6.07) is 0. The Bertz CT molecular complexity index is 308. The maximum Gasteiger partial charge on any atom is 0.152 e. The van der Waals surface area contributed by atoms with Crippen LogP contribution in [0.25, 0.3) is 0 Å². The van der Waals surface area contributed by atoms with Gasteiger partial charge in [-0.05, 0) is 30.9 Å².